The van der Waals surface area contributed by atoms with Gasteiger partial charge in [-0.25, -0.2) is 4.79 Å². The van der Waals surface area contributed by atoms with Gasteiger partial charge in [-0.2, -0.15) is 0 Å². The zero-order valence-electron chi connectivity index (χ0n) is 12.5. The Balaban J connectivity index is 2.10. The van der Waals surface area contributed by atoms with Crippen LogP contribution in [0.1, 0.15) is 6.92 Å². The Morgan fingerprint density at radius 1 is 0.913 bits per heavy atom. The van der Waals surface area contributed by atoms with E-state index in [1.54, 1.807) is 6.92 Å². The molecule has 0 saturated carbocycles. The monoisotopic (exact) mass is 364 g/mol. The van der Waals surface area contributed by atoms with Gasteiger partial charge in [0.2, 0.25) is 0 Å². The van der Waals surface area contributed by atoms with Gasteiger partial charge in [-0.3, -0.25) is 0 Å². The molecule has 0 bridgehead atoms. The van der Waals surface area contributed by atoms with Crippen LogP contribution in [0.2, 0.25) is 0 Å². The molecule has 3 heteroatoms. The molecule has 4 aromatic rings. The molecule has 0 heterocycles. The highest BCUT2D eigenvalue weighted by atomic mass is 79.9. The third kappa shape index (κ3) is 2.12. The van der Waals surface area contributed by atoms with E-state index in [0.29, 0.717) is 11.3 Å². The topological polar surface area (TPSA) is 26.3 Å². The second-order valence-corrected chi connectivity index (χ2v) is 6.56. The summed E-state index contributed by atoms with van der Waals surface area (Å²) in [7, 11) is 0. The summed E-state index contributed by atoms with van der Waals surface area (Å²) >= 11 is 3.62. The van der Waals surface area contributed by atoms with Crippen LogP contribution in [-0.4, -0.2) is 5.97 Å². The van der Waals surface area contributed by atoms with Gasteiger partial charge in [0.1, 0.15) is 5.75 Å². The van der Waals surface area contributed by atoms with Gasteiger partial charge in [0.15, 0.2) is 0 Å². The van der Waals surface area contributed by atoms with Gasteiger partial charge < -0.3 is 4.74 Å². The first-order valence-electron chi connectivity index (χ1n) is 7.30. The van der Waals surface area contributed by atoms with Crippen LogP contribution in [0.5, 0.6) is 5.75 Å². The largest absolute Gasteiger partial charge is 0.423 e. The summed E-state index contributed by atoms with van der Waals surface area (Å²) in [6, 6.07) is 16.3. The lowest BCUT2D eigenvalue weighted by molar-refractivity contribution is -0.129. The molecule has 4 aromatic carbocycles. The van der Waals surface area contributed by atoms with Crippen LogP contribution >= 0.6 is 15.9 Å². The molecule has 0 saturated heterocycles. The first-order valence-corrected chi connectivity index (χ1v) is 8.09. The Morgan fingerprint density at radius 3 is 2.17 bits per heavy atom. The summed E-state index contributed by atoms with van der Waals surface area (Å²) in [5.41, 5.74) is 0.387. The van der Waals surface area contributed by atoms with Crippen LogP contribution in [0.25, 0.3) is 32.3 Å². The Bertz CT molecular complexity index is 1100. The summed E-state index contributed by atoms with van der Waals surface area (Å²) < 4.78 is 6.57. The Labute approximate surface area is 141 Å². The van der Waals surface area contributed by atoms with Gasteiger partial charge in [0.25, 0.3) is 0 Å². The lowest BCUT2D eigenvalue weighted by Crippen LogP contribution is -2.08. The highest BCUT2D eigenvalue weighted by Crippen LogP contribution is 2.40. The maximum atomic E-state index is 11.9. The minimum Gasteiger partial charge on any atom is -0.423 e. The Morgan fingerprint density at radius 2 is 1.48 bits per heavy atom. The van der Waals surface area contributed by atoms with E-state index in [1.807, 2.05) is 18.2 Å². The van der Waals surface area contributed by atoms with Crippen molar-refractivity contribution in [2.45, 2.75) is 6.92 Å². The van der Waals surface area contributed by atoms with Crippen molar-refractivity contribution >= 4 is 54.2 Å². The number of hydrogen-bond donors (Lipinski definition) is 0. The molecule has 0 unspecified atom stereocenters. The summed E-state index contributed by atoms with van der Waals surface area (Å²) in [4.78, 5) is 11.9. The zero-order chi connectivity index (χ0) is 16.1. The SMILES string of the molecule is C=C(C)C(=O)Oc1ccc2ccc3c(Br)ccc4ccc1c2c43. The molecule has 4 rings (SSSR count). The molecule has 0 N–H and O–H groups in total. The first-order chi connectivity index (χ1) is 11.1. The lowest BCUT2D eigenvalue weighted by Gasteiger charge is -2.14. The number of carbonyl (C=O) groups excluding carboxylic acids is 1. The van der Waals surface area contributed by atoms with Gasteiger partial charge >= 0.3 is 5.97 Å². The molecular formula is C20H13BrO2. The number of hydrogen-bond acceptors (Lipinski definition) is 2. The smallest absolute Gasteiger partial charge is 0.338 e. The van der Waals surface area contributed by atoms with Crippen molar-refractivity contribution in [1.29, 1.82) is 0 Å². The average molecular weight is 365 g/mol. The maximum Gasteiger partial charge on any atom is 0.338 e. The highest BCUT2D eigenvalue weighted by Gasteiger charge is 2.14. The molecule has 0 radical (unpaired) electrons. The molecule has 2 nitrogen and oxygen atoms in total. The normalized spacial score (nSPS) is 11.4. The third-order valence-electron chi connectivity index (χ3n) is 4.12. The van der Waals surface area contributed by atoms with Gasteiger partial charge in [-0.1, -0.05) is 52.8 Å². The molecule has 0 spiro atoms. The lowest BCUT2D eigenvalue weighted by atomic mass is 9.94. The Hall–Kier alpha value is -2.39. The van der Waals surface area contributed by atoms with Crippen molar-refractivity contribution in [1.82, 2.24) is 0 Å². The molecule has 112 valence electrons. The molecule has 0 aliphatic heterocycles. The maximum absolute atomic E-state index is 11.9. The molecule has 0 amide bonds. The molecule has 0 aromatic heterocycles. The summed E-state index contributed by atoms with van der Waals surface area (Å²) in [5, 5.41) is 6.70. The van der Waals surface area contributed by atoms with Crippen molar-refractivity contribution in [3.8, 4) is 5.75 Å². The predicted molar refractivity (Wildman–Crippen MR) is 98.3 cm³/mol. The third-order valence-corrected chi connectivity index (χ3v) is 4.81. The van der Waals surface area contributed by atoms with E-state index >= 15 is 0 Å². The first kappa shape index (κ1) is 14.2. The van der Waals surface area contributed by atoms with E-state index in [0.717, 1.165) is 26.0 Å². The van der Waals surface area contributed by atoms with Gasteiger partial charge in [-0.15, -0.1) is 0 Å². The highest BCUT2D eigenvalue weighted by molar-refractivity contribution is 9.10. The number of rotatable bonds is 2. The van der Waals surface area contributed by atoms with Crippen molar-refractivity contribution in [3.05, 3.63) is 65.2 Å². The van der Waals surface area contributed by atoms with Crippen LogP contribution < -0.4 is 4.74 Å². The molecular weight excluding hydrogens is 352 g/mol. The van der Waals surface area contributed by atoms with E-state index in [9.17, 15) is 4.79 Å². The van der Waals surface area contributed by atoms with Crippen molar-refractivity contribution in [2.24, 2.45) is 0 Å². The van der Waals surface area contributed by atoms with Crippen molar-refractivity contribution in [3.63, 3.8) is 0 Å². The van der Waals surface area contributed by atoms with Crippen LogP contribution in [0.15, 0.2) is 65.2 Å². The van der Waals surface area contributed by atoms with Crippen LogP contribution in [0.4, 0.5) is 0 Å². The zero-order valence-corrected chi connectivity index (χ0v) is 14.1. The molecule has 23 heavy (non-hydrogen) atoms. The van der Waals surface area contributed by atoms with E-state index < -0.39 is 5.97 Å². The van der Waals surface area contributed by atoms with Crippen LogP contribution in [0.3, 0.4) is 0 Å². The quantitative estimate of drug-likeness (QED) is 0.193. The number of benzene rings is 4. The Kier molecular flexibility index (Phi) is 3.13. The molecule has 0 aliphatic rings. The van der Waals surface area contributed by atoms with Crippen LogP contribution in [-0.2, 0) is 4.79 Å². The number of carbonyl (C=O) groups is 1. The van der Waals surface area contributed by atoms with Gasteiger partial charge in [-0.05, 0) is 46.7 Å². The predicted octanol–water partition coefficient (Wildman–Crippen LogP) is 5.83. The van der Waals surface area contributed by atoms with Gasteiger partial charge in [0, 0.05) is 20.8 Å². The van der Waals surface area contributed by atoms with Crippen molar-refractivity contribution in [2.75, 3.05) is 0 Å². The van der Waals surface area contributed by atoms with Crippen molar-refractivity contribution < 1.29 is 9.53 Å². The second kappa shape index (κ2) is 5.07. The number of ether oxygens (including phenoxy) is 1. The number of esters is 1. The summed E-state index contributed by atoms with van der Waals surface area (Å²) in [6.45, 7) is 5.29. The fourth-order valence-electron chi connectivity index (χ4n) is 3.01. The minimum atomic E-state index is -0.402. The van der Waals surface area contributed by atoms with E-state index in [4.69, 9.17) is 4.74 Å². The minimum absolute atomic E-state index is 0.387. The molecule has 0 fully saturated rings. The van der Waals surface area contributed by atoms with E-state index in [-0.39, 0.29) is 0 Å². The fraction of sp³-hybridized carbons (Fsp3) is 0.0500. The van der Waals surface area contributed by atoms with E-state index in [1.165, 1.54) is 10.8 Å². The standard InChI is InChI=1S/C20H13BrO2/c1-11(2)20(22)23-17-10-6-13-3-7-14-16(21)9-5-12-4-8-15(17)19(13)18(12)14/h3-10H,1H2,2H3. The van der Waals surface area contributed by atoms with E-state index in [2.05, 4.69) is 52.8 Å². The second-order valence-electron chi connectivity index (χ2n) is 5.70. The molecule has 0 atom stereocenters. The summed E-state index contributed by atoms with van der Waals surface area (Å²) in [5.74, 6) is 0.168. The van der Waals surface area contributed by atoms with Gasteiger partial charge in [0.05, 0.1) is 0 Å². The number of halogens is 1. The molecule has 0 aliphatic carbocycles. The average Bonchev–Trinajstić information content (AvgIpc) is 2.55. The summed E-state index contributed by atoms with van der Waals surface area (Å²) in [6.07, 6.45) is 0. The van der Waals surface area contributed by atoms with Crippen LogP contribution in [0, 0.1) is 0 Å². The fourth-order valence-corrected chi connectivity index (χ4v) is 3.48.